The molecule has 1 aliphatic heterocycles. The highest BCUT2D eigenvalue weighted by atomic mass is 16.5. The Labute approximate surface area is 77.7 Å². The molecule has 1 aromatic heterocycles. The van der Waals surface area contributed by atoms with Crippen molar-refractivity contribution < 1.29 is 4.74 Å². The SMILES string of the molecule is CCn1cc([C@H]2OCC[C@H]2N)cn1. The second-order valence-electron chi connectivity index (χ2n) is 3.37. The minimum atomic E-state index is 0.0558. The van der Waals surface area contributed by atoms with Gasteiger partial charge in [0, 0.05) is 31.0 Å². The molecule has 4 nitrogen and oxygen atoms in total. The van der Waals surface area contributed by atoms with Gasteiger partial charge in [-0.15, -0.1) is 0 Å². The van der Waals surface area contributed by atoms with Crippen LogP contribution in [0.1, 0.15) is 25.0 Å². The molecule has 72 valence electrons. The first kappa shape index (κ1) is 8.72. The van der Waals surface area contributed by atoms with E-state index in [0.29, 0.717) is 0 Å². The van der Waals surface area contributed by atoms with Crippen molar-refractivity contribution in [3.05, 3.63) is 18.0 Å². The van der Waals surface area contributed by atoms with Crippen LogP contribution in [0.2, 0.25) is 0 Å². The van der Waals surface area contributed by atoms with Crippen molar-refractivity contribution in [2.24, 2.45) is 5.73 Å². The van der Waals surface area contributed by atoms with Gasteiger partial charge in [0.05, 0.1) is 6.20 Å². The Balaban J connectivity index is 2.15. The van der Waals surface area contributed by atoms with Gasteiger partial charge in [0.25, 0.3) is 0 Å². The van der Waals surface area contributed by atoms with Crippen LogP contribution in [0, 0.1) is 0 Å². The monoisotopic (exact) mass is 181 g/mol. The van der Waals surface area contributed by atoms with Gasteiger partial charge >= 0.3 is 0 Å². The lowest BCUT2D eigenvalue weighted by Gasteiger charge is -2.11. The fourth-order valence-corrected chi connectivity index (χ4v) is 1.65. The summed E-state index contributed by atoms with van der Waals surface area (Å²) in [4.78, 5) is 0. The Morgan fingerprint density at radius 2 is 2.62 bits per heavy atom. The summed E-state index contributed by atoms with van der Waals surface area (Å²) in [5, 5.41) is 4.19. The van der Waals surface area contributed by atoms with Crippen LogP contribution < -0.4 is 5.73 Å². The lowest BCUT2D eigenvalue weighted by Crippen LogP contribution is -2.23. The average molecular weight is 181 g/mol. The summed E-state index contributed by atoms with van der Waals surface area (Å²) in [6.07, 6.45) is 4.86. The minimum Gasteiger partial charge on any atom is -0.372 e. The van der Waals surface area contributed by atoms with Crippen molar-refractivity contribution in [2.45, 2.75) is 32.0 Å². The van der Waals surface area contributed by atoms with Gasteiger partial charge in [-0.25, -0.2) is 0 Å². The van der Waals surface area contributed by atoms with Gasteiger partial charge in [0.2, 0.25) is 0 Å². The largest absolute Gasteiger partial charge is 0.372 e. The molecule has 2 heterocycles. The molecule has 1 aromatic rings. The maximum atomic E-state index is 5.90. The van der Waals surface area contributed by atoms with E-state index in [4.69, 9.17) is 10.5 Å². The van der Waals surface area contributed by atoms with Crippen molar-refractivity contribution in [1.29, 1.82) is 0 Å². The molecule has 0 saturated carbocycles. The predicted octanol–water partition coefficient (Wildman–Crippen LogP) is 0.692. The van der Waals surface area contributed by atoms with Gasteiger partial charge in [-0.1, -0.05) is 0 Å². The molecule has 0 radical (unpaired) electrons. The van der Waals surface area contributed by atoms with E-state index < -0.39 is 0 Å². The summed E-state index contributed by atoms with van der Waals surface area (Å²) < 4.78 is 7.42. The smallest absolute Gasteiger partial charge is 0.101 e. The third-order valence-electron chi connectivity index (χ3n) is 2.44. The molecule has 0 bridgehead atoms. The van der Waals surface area contributed by atoms with E-state index in [1.54, 1.807) is 0 Å². The second kappa shape index (κ2) is 3.47. The van der Waals surface area contributed by atoms with Crippen molar-refractivity contribution in [1.82, 2.24) is 9.78 Å². The highest BCUT2D eigenvalue weighted by molar-refractivity contribution is 5.12. The van der Waals surface area contributed by atoms with E-state index in [0.717, 1.165) is 25.1 Å². The molecule has 13 heavy (non-hydrogen) atoms. The standard InChI is InChI=1S/C9H15N3O/c1-2-12-6-7(5-11-12)9-8(10)3-4-13-9/h5-6,8-9H,2-4,10H2,1H3/t8-,9-/m1/s1. The van der Waals surface area contributed by atoms with Crippen LogP contribution in [-0.2, 0) is 11.3 Å². The van der Waals surface area contributed by atoms with Crippen LogP contribution in [0.5, 0.6) is 0 Å². The molecule has 1 fully saturated rings. The third kappa shape index (κ3) is 1.59. The number of aryl methyl sites for hydroxylation is 1. The Morgan fingerprint density at radius 3 is 3.15 bits per heavy atom. The van der Waals surface area contributed by atoms with Gasteiger partial charge in [-0.2, -0.15) is 5.10 Å². The summed E-state index contributed by atoms with van der Waals surface area (Å²) in [5.74, 6) is 0. The van der Waals surface area contributed by atoms with Gasteiger partial charge in [0.15, 0.2) is 0 Å². The number of hydrogen-bond donors (Lipinski definition) is 1. The zero-order chi connectivity index (χ0) is 9.26. The van der Waals surface area contributed by atoms with Crippen molar-refractivity contribution in [3.8, 4) is 0 Å². The molecule has 2 atom stereocenters. The van der Waals surface area contributed by atoms with Crippen LogP contribution in [0.15, 0.2) is 12.4 Å². The van der Waals surface area contributed by atoms with Gasteiger partial charge in [0.1, 0.15) is 6.10 Å². The molecular weight excluding hydrogens is 166 g/mol. The summed E-state index contributed by atoms with van der Waals surface area (Å²) in [7, 11) is 0. The summed E-state index contributed by atoms with van der Waals surface area (Å²) >= 11 is 0. The van der Waals surface area contributed by atoms with Crippen LogP contribution >= 0.6 is 0 Å². The number of nitrogens with two attached hydrogens (primary N) is 1. The molecule has 2 N–H and O–H groups in total. The molecule has 4 heteroatoms. The Morgan fingerprint density at radius 1 is 1.77 bits per heavy atom. The maximum absolute atomic E-state index is 5.90. The van der Waals surface area contributed by atoms with E-state index in [2.05, 4.69) is 12.0 Å². The zero-order valence-corrected chi connectivity index (χ0v) is 7.81. The number of nitrogens with zero attached hydrogens (tertiary/aromatic N) is 2. The van der Waals surface area contributed by atoms with Crippen LogP contribution in [-0.4, -0.2) is 22.4 Å². The van der Waals surface area contributed by atoms with E-state index in [-0.39, 0.29) is 12.1 Å². The van der Waals surface area contributed by atoms with E-state index in [1.165, 1.54) is 0 Å². The van der Waals surface area contributed by atoms with Crippen LogP contribution in [0.4, 0.5) is 0 Å². The maximum Gasteiger partial charge on any atom is 0.101 e. The van der Waals surface area contributed by atoms with E-state index in [9.17, 15) is 0 Å². The summed E-state index contributed by atoms with van der Waals surface area (Å²) in [5.41, 5.74) is 7.00. The molecule has 0 aliphatic carbocycles. The fourth-order valence-electron chi connectivity index (χ4n) is 1.65. The fraction of sp³-hybridized carbons (Fsp3) is 0.667. The second-order valence-corrected chi connectivity index (χ2v) is 3.37. The predicted molar refractivity (Wildman–Crippen MR) is 49.2 cm³/mol. The average Bonchev–Trinajstić information content (AvgIpc) is 2.71. The quantitative estimate of drug-likeness (QED) is 0.730. The number of hydrogen-bond acceptors (Lipinski definition) is 3. The summed E-state index contributed by atoms with van der Waals surface area (Å²) in [6.45, 7) is 3.72. The Hall–Kier alpha value is -0.870. The van der Waals surface area contributed by atoms with Gasteiger partial charge in [-0.3, -0.25) is 4.68 Å². The number of aromatic nitrogens is 2. The van der Waals surface area contributed by atoms with Gasteiger partial charge in [-0.05, 0) is 13.3 Å². The highest BCUT2D eigenvalue weighted by Gasteiger charge is 2.27. The van der Waals surface area contributed by atoms with E-state index >= 15 is 0 Å². The first-order valence-electron chi connectivity index (χ1n) is 4.71. The molecule has 2 rings (SSSR count). The zero-order valence-electron chi connectivity index (χ0n) is 7.81. The normalized spacial score (nSPS) is 28.2. The topological polar surface area (TPSA) is 53.1 Å². The lowest BCUT2D eigenvalue weighted by atomic mass is 10.1. The summed E-state index contributed by atoms with van der Waals surface area (Å²) in [6, 6.07) is 0.134. The molecule has 0 unspecified atom stereocenters. The number of ether oxygens (including phenoxy) is 1. The lowest BCUT2D eigenvalue weighted by molar-refractivity contribution is 0.105. The molecule has 0 spiro atoms. The Bertz CT molecular complexity index is 284. The molecule has 0 amide bonds. The van der Waals surface area contributed by atoms with E-state index in [1.807, 2.05) is 17.1 Å². The molecule has 1 aliphatic rings. The van der Waals surface area contributed by atoms with Crippen molar-refractivity contribution >= 4 is 0 Å². The van der Waals surface area contributed by atoms with Crippen LogP contribution in [0.3, 0.4) is 0 Å². The first-order valence-corrected chi connectivity index (χ1v) is 4.71. The van der Waals surface area contributed by atoms with Crippen molar-refractivity contribution in [3.63, 3.8) is 0 Å². The van der Waals surface area contributed by atoms with Gasteiger partial charge < -0.3 is 10.5 Å². The number of rotatable bonds is 2. The van der Waals surface area contributed by atoms with Crippen LogP contribution in [0.25, 0.3) is 0 Å². The highest BCUT2D eigenvalue weighted by Crippen LogP contribution is 2.26. The first-order chi connectivity index (χ1) is 6.31. The molecule has 1 saturated heterocycles. The molecule has 0 aromatic carbocycles. The molecular formula is C9H15N3O. The minimum absolute atomic E-state index is 0.0558. The Kier molecular flexibility index (Phi) is 2.33. The van der Waals surface area contributed by atoms with Crippen molar-refractivity contribution in [2.75, 3.05) is 6.61 Å². The third-order valence-corrected chi connectivity index (χ3v) is 2.44.